The quantitative estimate of drug-likeness (QED) is 0.231. The van der Waals surface area contributed by atoms with Crippen molar-refractivity contribution in [2.45, 2.75) is 62.4 Å². The Balaban J connectivity index is 1.78. The number of ether oxygens (including phenoxy) is 4. The number of benzene rings is 3. The number of carbonyl (C=O) groups is 2. The van der Waals surface area contributed by atoms with Crippen LogP contribution in [0.1, 0.15) is 44.6 Å². The van der Waals surface area contributed by atoms with Crippen LogP contribution < -0.4 is 28.6 Å². The highest BCUT2D eigenvalue weighted by Gasteiger charge is 2.36. The van der Waals surface area contributed by atoms with Crippen LogP contribution in [0, 0.1) is 0 Å². The van der Waals surface area contributed by atoms with E-state index in [2.05, 4.69) is 5.32 Å². The van der Waals surface area contributed by atoms with Gasteiger partial charge in [0.25, 0.3) is 10.0 Å². The van der Waals surface area contributed by atoms with Crippen molar-refractivity contribution in [1.29, 1.82) is 0 Å². The molecule has 1 atom stereocenters. The summed E-state index contributed by atoms with van der Waals surface area (Å²) >= 11 is 0. The first kappa shape index (κ1) is 35.4. The van der Waals surface area contributed by atoms with Gasteiger partial charge in [0.2, 0.25) is 11.8 Å². The van der Waals surface area contributed by atoms with Crippen LogP contribution in [0.4, 0.5) is 5.69 Å². The summed E-state index contributed by atoms with van der Waals surface area (Å²) < 4.78 is 51.7. The fourth-order valence-electron chi connectivity index (χ4n) is 5.87. The summed E-state index contributed by atoms with van der Waals surface area (Å²) in [5.41, 5.74) is 1.09. The van der Waals surface area contributed by atoms with Gasteiger partial charge in [0.1, 0.15) is 24.1 Å². The molecule has 3 aromatic carbocycles. The van der Waals surface area contributed by atoms with Crippen molar-refractivity contribution in [3.63, 3.8) is 0 Å². The van der Waals surface area contributed by atoms with E-state index in [4.69, 9.17) is 18.9 Å². The highest BCUT2D eigenvalue weighted by Crippen LogP contribution is 2.38. The molecule has 0 aliphatic heterocycles. The Morgan fingerprint density at radius 1 is 0.851 bits per heavy atom. The van der Waals surface area contributed by atoms with Crippen molar-refractivity contribution >= 4 is 27.5 Å². The van der Waals surface area contributed by atoms with Gasteiger partial charge in [-0.3, -0.25) is 13.9 Å². The molecule has 0 unspecified atom stereocenters. The highest BCUT2D eigenvalue weighted by atomic mass is 32.2. The van der Waals surface area contributed by atoms with Crippen LogP contribution >= 0.6 is 0 Å². The SMILES string of the molecule is CC[C@@H](C(=O)NC1CCCC1)N(CCc1ccccc1)C(=O)CN(c1cc(OC)ccc1OC)S(=O)(=O)c1ccc(OC)c(OC)c1. The lowest BCUT2D eigenvalue weighted by atomic mass is 10.1. The van der Waals surface area contributed by atoms with Gasteiger partial charge in [0, 0.05) is 24.7 Å². The maximum absolute atomic E-state index is 14.5. The first-order valence-corrected chi connectivity index (χ1v) is 17.2. The van der Waals surface area contributed by atoms with Crippen molar-refractivity contribution in [3.05, 3.63) is 72.3 Å². The fourth-order valence-corrected chi connectivity index (χ4v) is 7.31. The predicted molar refractivity (Wildman–Crippen MR) is 180 cm³/mol. The third kappa shape index (κ3) is 8.48. The minimum Gasteiger partial charge on any atom is -0.497 e. The molecule has 0 bridgehead atoms. The van der Waals surface area contributed by atoms with Crippen LogP contribution in [0.25, 0.3) is 0 Å². The first-order valence-electron chi connectivity index (χ1n) is 15.8. The number of amides is 2. The van der Waals surface area contributed by atoms with Crippen molar-refractivity contribution in [1.82, 2.24) is 10.2 Å². The maximum atomic E-state index is 14.5. The molecular weight excluding hydrogens is 622 g/mol. The van der Waals surface area contributed by atoms with E-state index in [1.807, 2.05) is 37.3 Å². The molecule has 4 rings (SSSR count). The first-order chi connectivity index (χ1) is 22.7. The molecule has 11 nitrogen and oxygen atoms in total. The van der Waals surface area contributed by atoms with E-state index in [1.165, 1.54) is 57.6 Å². The van der Waals surface area contributed by atoms with Crippen LogP contribution in [0.3, 0.4) is 0 Å². The van der Waals surface area contributed by atoms with Gasteiger partial charge in [-0.15, -0.1) is 0 Å². The topological polar surface area (TPSA) is 124 Å². The summed E-state index contributed by atoms with van der Waals surface area (Å²) in [6, 6.07) is 17.8. The van der Waals surface area contributed by atoms with Crippen LogP contribution in [0.5, 0.6) is 23.0 Å². The van der Waals surface area contributed by atoms with Gasteiger partial charge in [-0.05, 0) is 55.5 Å². The molecule has 47 heavy (non-hydrogen) atoms. The summed E-state index contributed by atoms with van der Waals surface area (Å²) in [6.07, 6.45) is 4.71. The summed E-state index contributed by atoms with van der Waals surface area (Å²) in [6.45, 7) is 1.45. The Labute approximate surface area is 277 Å². The van der Waals surface area contributed by atoms with Gasteiger partial charge in [-0.25, -0.2) is 8.42 Å². The smallest absolute Gasteiger partial charge is 0.265 e. The van der Waals surface area contributed by atoms with Crippen molar-refractivity contribution < 1.29 is 37.0 Å². The Morgan fingerprint density at radius 2 is 1.51 bits per heavy atom. The van der Waals surface area contributed by atoms with Gasteiger partial charge in [-0.2, -0.15) is 0 Å². The Hall–Kier alpha value is -4.45. The molecule has 1 aliphatic carbocycles. The Morgan fingerprint density at radius 3 is 2.13 bits per heavy atom. The molecule has 254 valence electrons. The van der Waals surface area contributed by atoms with E-state index >= 15 is 0 Å². The standard InChI is InChI=1S/C35H45N3O8S/c1-6-29(35(40)36-26-14-10-11-15-26)37(21-20-25-12-8-7-9-13-25)34(39)24-38(30-22-27(43-2)16-18-31(30)44-3)47(41,42)28-17-19-32(45-4)33(23-28)46-5/h7-9,12-13,16-19,22-23,26,29H,6,10-11,14-15,20-21,24H2,1-5H3,(H,36,40)/t29-/m0/s1. The lowest BCUT2D eigenvalue weighted by Gasteiger charge is -2.34. The van der Waals surface area contributed by atoms with Gasteiger partial charge in [0.05, 0.1) is 39.0 Å². The molecule has 1 saturated carbocycles. The van der Waals surface area contributed by atoms with Crippen LogP contribution in [0.15, 0.2) is 71.6 Å². The summed E-state index contributed by atoms with van der Waals surface area (Å²) in [4.78, 5) is 29.5. The van der Waals surface area contributed by atoms with E-state index in [0.29, 0.717) is 24.3 Å². The minimum absolute atomic E-state index is 0.0607. The van der Waals surface area contributed by atoms with E-state index in [1.54, 1.807) is 12.1 Å². The second kappa shape index (κ2) is 16.4. The lowest BCUT2D eigenvalue weighted by molar-refractivity contribution is -0.139. The molecule has 3 aromatic rings. The number of nitrogens with one attached hydrogen (secondary N) is 1. The number of carbonyl (C=O) groups excluding carboxylic acids is 2. The number of rotatable bonds is 16. The second-order valence-corrected chi connectivity index (χ2v) is 13.2. The zero-order valence-electron chi connectivity index (χ0n) is 27.7. The average Bonchev–Trinajstić information content (AvgIpc) is 3.61. The van der Waals surface area contributed by atoms with Crippen molar-refractivity contribution in [2.75, 3.05) is 45.8 Å². The molecule has 0 aromatic heterocycles. The molecule has 0 radical (unpaired) electrons. The minimum atomic E-state index is -4.42. The monoisotopic (exact) mass is 667 g/mol. The number of nitrogens with zero attached hydrogens (tertiary/aromatic N) is 2. The zero-order valence-corrected chi connectivity index (χ0v) is 28.5. The molecule has 2 amide bonds. The normalized spacial score (nSPS) is 13.8. The second-order valence-electron chi connectivity index (χ2n) is 11.3. The Kier molecular flexibility index (Phi) is 12.4. The van der Waals surface area contributed by atoms with Gasteiger partial charge in [0.15, 0.2) is 11.5 Å². The molecular formula is C35H45N3O8S. The van der Waals surface area contributed by atoms with Crippen LogP contribution in [-0.2, 0) is 26.0 Å². The summed E-state index contributed by atoms with van der Waals surface area (Å²) in [7, 11) is 1.32. The molecule has 0 spiro atoms. The summed E-state index contributed by atoms with van der Waals surface area (Å²) in [5, 5.41) is 3.13. The van der Waals surface area contributed by atoms with E-state index in [-0.39, 0.29) is 40.6 Å². The molecule has 0 saturated heterocycles. The van der Waals surface area contributed by atoms with Crippen LogP contribution in [-0.4, -0.2) is 78.7 Å². The average molecular weight is 668 g/mol. The van der Waals surface area contributed by atoms with E-state index < -0.39 is 28.5 Å². The Bertz CT molecular complexity index is 1610. The fraction of sp³-hybridized carbons (Fsp3) is 0.429. The lowest BCUT2D eigenvalue weighted by Crippen LogP contribution is -2.54. The van der Waals surface area contributed by atoms with Crippen LogP contribution in [0.2, 0.25) is 0 Å². The summed E-state index contributed by atoms with van der Waals surface area (Å²) in [5.74, 6) is 0.349. The van der Waals surface area contributed by atoms with E-state index in [0.717, 1.165) is 35.6 Å². The number of sulfonamides is 1. The zero-order chi connectivity index (χ0) is 34.0. The molecule has 1 fully saturated rings. The third-order valence-electron chi connectivity index (χ3n) is 8.45. The van der Waals surface area contributed by atoms with Gasteiger partial charge < -0.3 is 29.2 Å². The largest absolute Gasteiger partial charge is 0.497 e. The molecule has 12 heteroatoms. The van der Waals surface area contributed by atoms with E-state index in [9.17, 15) is 18.0 Å². The highest BCUT2D eigenvalue weighted by molar-refractivity contribution is 7.92. The van der Waals surface area contributed by atoms with Gasteiger partial charge in [-0.1, -0.05) is 50.1 Å². The number of hydrogen-bond acceptors (Lipinski definition) is 8. The number of anilines is 1. The molecule has 0 heterocycles. The molecule has 1 N–H and O–H groups in total. The number of hydrogen-bond donors (Lipinski definition) is 1. The van der Waals surface area contributed by atoms with Gasteiger partial charge >= 0.3 is 0 Å². The number of methoxy groups -OCH3 is 4. The maximum Gasteiger partial charge on any atom is 0.265 e. The van der Waals surface area contributed by atoms with Crippen molar-refractivity contribution in [3.8, 4) is 23.0 Å². The van der Waals surface area contributed by atoms with Crippen molar-refractivity contribution in [2.24, 2.45) is 0 Å². The molecule has 1 aliphatic rings. The predicted octanol–water partition coefficient (Wildman–Crippen LogP) is 4.83. The third-order valence-corrected chi connectivity index (χ3v) is 10.2.